The fraction of sp³-hybridized carbons (Fsp3) is 0.500. The van der Waals surface area contributed by atoms with E-state index in [1.54, 1.807) is 6.07 Å². The zero-order valence-electron chi connectivity index (χ0n) is 20.8. The Balaban J connectivity index is 2.19. The van der Waals surface area contributed by atoms with Crippen molar-refractivity contribution in [2.24, 2.45) is 5.41 Å². The number of carbonyl (C=O) groups is 1. The molecule has 0 spiro atoms. The predicted molar refractivity (Wildman–Crippen MR) is 140 cm³/mol. The Morgan fingerprint density at radius 3 is 2.49 bits per heavy atom. The highest BCUT2D eigenvalue weighted by Gasteiger charge is 2.42. The number of para-hydroxylation sites is 1. The van der Waals surface area contributed by atoms with Crippen LogP contribution in [0.1, 0.15) is 46.5 Å². The highest BCUT2D eigenvalue weighted by molar-refractivity contribution is 7.98. The number of carboxylic acids is 1. The number of sulfone groups is 1. The predicted octanol–water partition coefficient (Wildman–Crippen LogP) is 5.13. The van der Waals surface area contributed by atoms with E-state index in [0.29, 0.717) is 17.1 Å². The van der Waals surface area contributed by atoms with Crippen molar-refractivity contribution >= 4 is 38.9 Å². The average molecular weight is 522 g/mol. The molecule has 2 N–H and O–H groups in total. The van der Waals surface area contributed by atoms with Crippen molar-refractivity contribution in [3.8, 4) is 5.75 Å². The molecule has 1 heterocycles. The first-order valence-corrected chi connectivity index (χ1v) is 14.7. The molecule has 0 amide bonds. The minimum absolute atomic E-state index is 0.0255. The molecule has 1 aliphatic rings. The van der Waals surface area contributed by atoms with Crippen molar-refractivity contribution in [3.63, 3.8) is 0 Å². The Kier molecular flexibility index (Phi) is 8.44. The first kappa shape index (κ1) is 27.4. The molecular formula is C26H35NO6S2. The number of aliphatic hydroxyl groups is 1. The zero-order chi connectivity index (χ0) is 25.9. The number of fused-ring (bicyclic) bond motifs is 1. The molecule has 2 atom stereocenters. The highest BCUT2D eigenvalue weighted by atomic mass is 32.2. The molecule has 9 heteroatoms. The van der Waals surface area contributed by atoms with Crippen LogP contribution in [0, 0.1) is 5.41 Å². The van der Waals surface area contributed by atoms with Crippen LogP contribution < -0.4 is 9.64 Å². The maximum Gasteiger partial charge on any atom is 0.339 e. The molecule has 0 saturated carbocycles. The summed E-state index contributed by atoms with van der Waals surface area (Å²) in [6.45, 7) is 5.38. The van der Waals surface area contributed by atoms with Gasteiger partial charge in [-0.15, -0.1) is 11.8 Å². The van der Waals surface area contributed by atoms with Crippen LogP contribution in [0.3, 0.4) is 0 Å². The molecule has 0 radical (unpaired) electrons. The normalized spacial score (nSPS) is 21.0. The molecule has 0 fully saturated rings. The van der Waals surface area contributed by atoms with Crippen LogP contribution in [0.15, 0.2) is 52.3 Å². The van der Waals surface area contributed by atoms with Crippen LogP contribution in [0.2, 0.25) is 0 Å². The van der Waals surface area contributed by atoms with Gasteiger partial charge < -0.3 is 19.8 Å². The fourth-order valence-electron chi connectivity index (χ4n) is 4.42. The van der Waals surface area contributed by atoms with Crippen LogP contribution in [0.5, 0.6) is 5.75 Å². The summed E-state index contributed by atoms with van der Waals surface area (Å²) in [4.78, 5) is 14.3. The minimum atomic E-state index is -3.70. The molecule has 2 aromatic rings. The Bertz CT molecular complexity index is 1150. The monoisotopic (exact) mass is 521 g/mol. The molecular weight excluding hydrogens is 486 g/mol. The number of ether oxygens (including phenoxy) is 1. The molecule has 0 bridgehead atoms. The lowest BCUT2D eigenvalue weighted by atomic mass is 9.81. The van der Waals surface area contributed by atoms with Gasteiger partial charge in [0.05, 0.1) is 21.2 Å². The third kappa shape index (κ3) is 5.95. The summed E-state index contributed by atoms with van der Waals surface area (Å²) in [5.41, 5.74) is -1.02. The van der Waals surface area contributed by atoms with Gasteiger partial charge in [0, 0.05) is 23.7 Å². The van der Waals surface area contributed by atoms with Crippen LogP contribution in [-0.4, -0.2) is 55.4 Å². The number of carboxylic acid groups (broad SMARTS) is 1. The lowest BCUT2D eigenvalue weighted by Gasteiger charge is -2.36. The van der Waals surface area contributed by atoms with Crippen molar-refractivity contribution in [2.75, 3.05) is 30.1 Å². The SMILES string of the molecule is CCCCC1(CC)CN(c2ccccc2)c2cc(SC)c(OC[C@@](C)(O)C(=O)O)cc2S(=O)(=O)C1. The van der Waals surface area contributed by atoms with Crippen LogP contribution >= 0.6 is 11.8 Å². The Morgan fingerprint density at radius 2 is 1.91 bits per heavy atom. The molecule has 1 unspecified atom stereocenters. The average Bonchev–Trinajstić information content (AvgIpc) is 2.93. The second-order valence-electron chi connectivity index (χ2n) is 9.48. The van der Waals surface area contributed by atoms with Gasteiger partial charge in [0.15, 0.2) is 15.4 Å². The zero-order valence-corrected chi connectivity index (χ0v) is 22.4. The Morgan fingerprint density at radius 1 is 1.23 bits per heavy atom. The van der Waals surface area contributed by atoms with Crippen LogP contribution in [0.4, 0.5) is 11.4 Å². The molecule has 0 aromatic heterocycles. The lowest BCUT2D eigenvalue weighted by Crippen LogP contribution is -2.41. The van der Waals surface area contributed by atoms with Gasteiger partial charge >= 0.3 is 5.97 Å². The van der Waals surface area contributed by atoms with Gasteiger partial charge in [0.25, 0.3) is 0 Å². The Labute approximate surface area is 212 Å². The van der Waals surface area contributed by atoms with E-state index in [0.717, 1.165) is 38.3 Å². The van der Waals surface area contributed by atoms with Gasteiger partial charge in [0.2, 0.25) is 0 Å². The maximum absolute atomic E-state index is 13.8. The smallest absolute Gasteiger partial charge is 0.339 e. The van der Waals surface area contributed by atoms with Gasteiger partial charge in [-0.2, -0.15) is 0 Å². The first-order valence-electron chi connectivity index (χ1n) is 11.8. The number of benzene rings is 2. The summed E-state index contributed by atoms with van der Waals surface area (Å²) in [6, 6.07) is 13.1. The topological polar surface area (TPSA) is 104 Å². The maximum atomic E-state index is 13.8. The quantitative estimate of drug-likeness (QED) is 0.415. The number of unbranched alkanes of at least 4 members (excludes halogenated alkanes) is 1. The summed E-state index contributed by atoms with van der Waals surface area (Å²) < 4.78 is 33.4. The summed E-state index contributed by atoms with van der Waals surface area (Å²) >= 11 is 1.38. The van der Waals surface area contributed by atoms with E-state index in [-0.39, 0.29) is 16.4 Å². The van der Waals surface area contributed by atoms with Gasteiger partial charge in [-0.3, -0.25) is 0 Å². The molecule has 35 heavy (non-hydrogen) atoms. The molecule has 2 aromatic carbocycles. The first-order chi connectivity index (χ1) is 16.5. The van der Waals surface area contributed by atoms with E-state index in [9.17, 15) is 23.4 Å². The fourth-order valence-corrected chi connectivity index (χ4v) is 7.15. The van der Waals surface area contributed by atoms with Gasteiger partial charge in [-0.1, -0.05) is 44.9 Å². The van der Waals surface area contributed by atoms with E-state index >= 15 is 0 Å². The van der Waals surface area contributed by atoms with E-state index in [2.05, 4.69) is 18.7 Å². The number of aliphatic carboxylic acids is 1. The summed E-state index contributed by atoms with van der Waals surface area (Å²) in [6.07, 6.45) is 5.30. The van der Waals surface area contributed by atoms with E-state index in [4.69, 9.17) is 4.74 Å². The van der Waals surface area contributed by atoms with Gasteiger partial charge in [-0.05, 0) is 44.2 Å². The van der Waals surface area contributed by atoms with E-state index in [1.165, 1.54) is 17.8 Å². The third-order valence-electron chi connectivity index (χ3n) is 6.71. The number of nitrogens with zero attached hydrogens (tertiary/aromatic N) is 1. The van der Waals surface area contributed by atoms with Crippen LogP contribution in [0.25, 0.3) is 0 Å². The second-order valence-corrected chi connectivity index (χ2v) is 12.3. The highest BCUT2D eigenvalue weighted by Crippen LogP contribution is 2.47. The number of thioether (sulfide) groups is 1. The number of hydrogen-bond acceptors (Lipinski definition) is 7. The summed E-state index contributed by atoms with van der Waals surface area (Å²) in [5, 5.41) is 19.4. The van der Waals surface area contributed by atoms with Crippen molar-refractivity contribution in [3.05, 3.63) is 42.5 Å². The number of rotatable bonds is 10. The van der Waals surface area contributed by atoms with E-state index in [1.807, 2.05) is 36.6 Å². The number of anilines is 2. The number of hydrogen-bond donors (Lipinski definition) is 2. The molecule has 192 valence electrons. The second kappa shape index (κ2) is 10.8. The molecule has 0 aliphatic carbocycles. The van der Waals surface area contributed by atoms with Gasteiger partial charge in [0.1, 0.15) is 12.4 Å². The summed E-state index contributed by atoms with van der Waals surface area (Å²) in [5.74, 6) is -1.14. The summed E-state index contributed by atoms with van der Waals surface area (Å²) in [7, 11) is -3.70. The lowest BCUT2D eigenvalue weighted by molar-refractivity contribution is -0.159. The van der Waals surface area contributed by atoms with E-state index < -0.39 is 33.4 Å². The molecule has 1 aliphatic heterocycles. The van der Waals surface area contributed by atoms with Crippen molar-refractivity contribution in [1.29, 1.82) is 0 Å². The molecule has 7 nitrogen and oxygen atoms in total. The minimum Gasteiger partial charge on any atom is -0.489 e. The third-order valence-corrected chi connectivity index (χ3v) is 9.46. The largest absolute Gasteiger partial charge is 0.489 e. The standard InChI is InChI=1S/C26H35NO6S2/c1-5-7-13-26(6-2)16-27(19-11-9-8-10-12-19)20-14-22(34-4)21(15-23(20)35(31,32)18-26)33-17-25(3,30)24(28)29/h8-12,14-15,30H,5-7,13,16-18H2,1-4H3,(H,28,29)/t25-,26?/m1/s1. The molecule has 0 saturated heterocycles. The van der Waals surface area contributed by atoms with Crippen LogP contribution in [-0.2, 0) is 14.6 Å². The van der Waals surface area contributed by atoms with Crippen molar-refractivity contribution < 1.29 is 28.2 Å². The molecule has 3 rings (SSSR count). The Hall–Kier alpha value is -2.23. The van der Waals surface area contributed by atoms with Gasteiger partial charge in [-0.25, -0.2) is 13.2 Å². The van der Waals surface area contributed by atoms with Crippen molar-refractivity contribution in [1.82, 2.24) is 0 Å². The van der Waals surface area contributed by atoms with Crippen molar-refractivity contribution in [2.45, 2.75) is 61.8 Å².